The Bertz CT molecular complexity index is 1050. The molecule has 2 aliphatic heterocycles. The number of likely N-dealkylation sites (tertiary alicyclic amines) is 2. The second-order valence-electron chi connectivity index (χ2n) is 8.25. The van der Waals surface area contributed by atoms with E-state index in [0.717, 1.165) is 36.5 Å². The fraction of sp³-hybridized carbons (Fsp3) is 0.391. The molecule has 8 heteroatoms. The smallest absolute Gasteiger partial charge is 0.249 e. The standard InChI is InChI=1S/C23H25N5O3/c1-15(29)28-12-18-11-27(13-20(18)22(28)16-5-7-19(30-2)8-6-16)14-21-25-26-23(31-21)17-4-3-9-24-10-17/h3-10,18,20,22H,11-14H2,1-2H3/t18-,20-,22+/m1/s1. The number of carbonyl (C=O) groups excluding carboxylic acids is 1. The minimum Gasteiger partial charge on any atom is -0.497 e. The average Bonchev–Trinajstić information content (AvgIpc) is 3.49. The van der Waals surface area contributed by atoms with Crippen molar-refractivity contribution in [3.63, 3.8) is 0 Å². The lowest BCUT2D eigenvalue weighted by Gasteiger charge is -2.29. The van der Waals surface area contributed by atoms with Gasteiger partial charge >= 0.3 is 0 Å². The van der Waals surface area contributed by atoms with E-state index < -0.39 is 0 Å². The van der Waals surface area contributed by atoms with E-state index in [1.165, 1.54) is 0 Å². The fourth-order valence-corrected chi connectivity index (χ4v) is 4.93. The number of methoxy groups -OCH3 is 1. The van der Waals surface area contributed by atoms with E-state index in [1.54, 1.807) is 26.4 Å². The number of benzene rings is 1. The Balaban J connectivity index is 1.31. The van der Waals surface area contributed by atoms with Crippen molar-refractivity contribution in [1.29, 1.82) is 0 Å². The Hall–Kier alpha value is -3.26. The molecule has 1 aromatic carbocycles. The molecule has 2 aliphatic rings. The molecule has 31 heavy (non-hydrogen) atoms. The van der Waals surface area contributed by atoms with Gasteiger partial charge in [0.15, 0.2) is 0 Å². The van der Waals surface area contributed by atoms with Crippen molar-refractivity contribution in [2.75, 3.05) is 26.7 Å². The maximum absolute atomic E-state index is 12.3. The first-order valence-electron chi connectivity index (χ1n) is 10.5. The van der Waals surface area contributed by atoms with Gasteiger partial charge in [0.25, 0.3) is 0 Å². The van der Waals surface area contributed by atoms with Crippen LogP contribution < -0.4 is 4.74 Å². The molecule has 0 saturated carbocycles. The van der Waals surface area contributed by atoms with Crippen molar-refractivity contribution >= 4 is 5.91 Å². The van der Waals surface area contributed by atoms with Gasteiger partial charge in [-0.25, -0.2) is 0 Å². The van der Waals surface area contributed by atoms with Crippen LogP contribution in [0.3, 0.4) is 0 Å². The van der Waals surface area contributed by atoms with Crippen LogP contribution in [0.15, 0.2) is 53.2 Å². The molecular formula is C23H25N5O3. The van der Waals surface area contributed by atoms with Gasteiger partial charge in [0.1, 0.15) is 5.75 Å². The van der Waals surface area contributed by atoms with E-state index in [0.29, 0.717) is 30.2 Å². The van der Waals surface area contributed by atoms with Gasteiger partial charge in [0, 0.05) is 44.9 Å². The van der Waals surface area contributed by atoms with Crippen LogP contribution in [0.5, 0.6) is 5.75 Å². The lowest BCUT2D eigenvalue weighted by Crippen LogP contribution is -2.34. The summed E-state index contributed by atoms with van der Waals surface area (Å²) in [5.41, 5.74) is 1.97. The number of ether oxygens (including phenoxy) is 1. The maximum Gasteiger partial charge on any atom is 0.249 e. The van der Waals surface area contributed by atoms with Gasteiger partial charge in [-0.3, -0.25) is 14.7 Å². The molecule has 0 radical (unpaired) electrons. The Labute approximate surface area is 180 Å². The SMILES string of the molecule is COc1ccc([C@H]2[C@@H]3CN(Cc4nnc(-c5cccnc5)o4)C[C@@H]3CN2C(C)=O)cc1. The molecule has 0 spiro atoms. The Kier molecular flexibility index (Phi) is 5.15. The summed E-state index contributed by atoms with van der Waals surface area (Å²) >= 11 is 0. The summed E-state index contributed by atoms with van der Waals surface area (Å²) in [4.78, 5) is 20.8. The molecule has 0 bridgehead atoms. The summed E-state index contributed by atoms with van der Waals surface area (Å²) < 4.78 is 11.2. The van der Waals surface area contributed by atoms with Gasteiger partial charge in [-0.05, 0) is 35.7 Å². The predicted octanol–water partition coefficient (Wildman–Crippen LogP) is 2.79. The number of aromatic nitrogens is 3. The molecule has 2 fully saturated rings. The number of amides is 1. The highest BCUT2D eigenvalue weighted by atomic mass is 16.5. The number of fused-ring (bicyclic) bond motifs is 1. The highest BCUT2D eigenvalue weighted by Crippen LogP contribution is 2.45. The first-order valence-corrected chi connectivity index (χ1v) is 10.5. The Morgan fingerprint density at radius 3 is 2.71 bits per heavy atom. The normalized spacial score (nSPS) is 23.2. The van der Waals surface area contributed by atoms with Crippen molar-refractivity contribution in [3.8, 4) is 17.2 Å². The fourth-order valence-electron chi connectivity index (χ4n) is 4.93. The van der Waals surface area contributed by atoms with E-state index in [9.17, 15) is 4.79 Å². The Morgan fingerprint density at radius 1 is 1.16 bits per heavy atom. The van der Waals surface area contributed by atoms with Gasteiger partial charge in [0.05, 0.1) is 25.3 Å². The third-order valence-corrected chi connectivity index (χ3v) is 6.34. The number of rotatable bonds is 5. The molecule has 3 aromatic rings. The summed E-state index contributed by atoms with van der Waals surface area (Å²) in [5.74, 6) is 2.83. The van der Waals surface area contributed by atoms with Gasteiger partial charge < -0.3 is 14.1 Å². The molecule has 160 valence electrons. The molecule has 8 nitrogen and oxygen atoms in total. The van der Waals surface area contributed by atoms with Crippen molar-refractivity contribution in [1.82, 2.24) is 25.0 Å². The molecule has 0 unspecified atom stereocenters. The maximum atomic E-state index is 12.3. The van der Waals surface area contributed by atoms with Crippen molar-refractivity contribution in [2.45, 2.75) is 19.5 Å². The van der Waals surface area contributed by atoms with Crippen LogP contribution in [-0.4, -0.2) is 57.6 Å². The monoisotopic (exact) mass is 419 g/mol. The summed E-state index contributed by atoms with van der Waals surface area (Å²) in [6.07, 6.45) is 3.43. The van der Waals surface area contributed by atoms with Crippen molar-refractivity contribution < 1.29 is 13.9 Å². The summed E-state index contributed by atoms with van der Waals surface area (Å²) in [5, 5.41) is 8.39. The lowest BCUT2D eigenvalue weighted by atomic mass is 9.89. The van der Waals surface area contributed by atoms with E-state index >= 15 is 0 Å². The van der Waals surface area contributed by atoms with Crippen LogP contribution in [-0.2, 0) is 11.3 Å². The molecule has 2 saturated heterocycles. The van der Waals surface area contributed by atoms with Crippen LogP contribution in [0, 0.1) is 11.8 Å². The molecule has 4 heterocycles. The highest BCUT2D eigenvalue weighted by Gasteiger charge is 2.48. The molecule has 1 amide bonds. The van der Waals surface area contributed by atoms with E-state index in [4.69, 9.17) is 9.15 Å². The van der Waals surface area contributed by atoms with Gasteiger partial charge in [-0.15, -0.1) is 10.2 Å². The molecule has 2 aromatic heterocycles. The van der Waals surface area contributed by atoms with Crippen LogP contribution in [0.2, 0.25) is 0 Å². The number of nitrogens with zero attached hydrogens (tertiary/aromatic N) is 5. The zero-order valence-corrected chi connectivity index (χ0v) is 17.6. The van der Waals surface area contributed by atoms with E-state index in [2.05, 4.69) is 32.2 Å². The van der Waals surface area contributed by atoms with Gasteiger partial charge in [-0.2, -0.15) is 0 Å². The largest absolute Gasteiger partial charge is 0.497 e. The van der Waals surface area contributed by atoms with E-state index in [-0.39, 0.29) is 11.9 Å². The van der Waals surface area contributed by atoms with Crippen molar-refractivity contribution in [3.05, 3.63) is 60.2 Å². The summed E-state index contributed by atoms with van der Waals surface area (Å²) in [6, 6.07) is 11.9. The van der Waals surface area contributed by atoms with Crippen LogP contribution in [0.4, 0.5) is 0 Å². The molecule has 0 aliphatic carbocycles. The average molecular weight is 419 g/mol. The van der Waals surface area contributed by atoms with Gasteiger partial charge in [-0.1, -0.05) is 12.1 Å². The first kappa shape index (κ1) is 19.7. The zero-order valence-electron chi connectivity index (χ0n) is 17.6. The third kappa shape index (κ3) is 3.79. The molecule has 3 atom stereocenters. The van der Waals surface area contributed by atoms with Crippen LogP contribution in [0.25, 0.3) is 11.5 Å². The number of pyridine rings is 1. The molecular weight excluding hydrogens is 394 g/mol. The molecule has 5 rings (SSSR count). The summed E-state index contributed by atoms with van der Waals surface area (Å²) in [6.45, 7) is 4.84. The minimum absolute atomic E-state index is 0.0760. The minimum atomic E-state index is 0.0760. The number of hydrogen-bond acceptors (Lipinski definition) is 7. The lowest BCUT2D eigenvalue weighted by molar-refractivity contribution is -0.130. The van der Waals surface area contributed by atoms with Crippen LogP contribution >= 0.6 is 0 Å². The van der Waals surface area contributed by atoms with Crippen LogP contribution in [0.1, 0.15) is 24.4 Å². The second-order valence-corrected chi connectivity index (χ2v) is 8.25. The highest BCUT2D eigenvalue weighted by molar-refractivity contribution is 5.74. The van der Waals surface area contributed by atoms with E-state index in [1.807, 2.05) is 29.2 Å². The summed E-state index contributed by atoms with van der Waals surface area (Å²) in [7, 11) is 1.66. The quantitative estimate of drug-likeness (QED) is 0.629. The predicted molar refractivity (Wildman–Crippen MR) is 113 cm³/mol. The zero-order chi connectivity index (χ0) is 21.4. The topological polar surface area (TPSA) is 84.6 Å². The number of carbonyl (C=O) groups is 1. The first-order chi connectivity index (χ1) is 15.1. The third-order valence-electron chi connectivity index (χ3n) is 6.34. The second kappa shape index (κ2) is 8.11. The number of hydrogen-bond donors (Lipinski definition) is 0. The molecule has 0 N–H and O–H groups in total. The van der Waals surface area contributed by atoms with Gasteiger partial charge in [0.2, 0.25) is 17.7 Å². The van der Waals surface area contributed by atoms with Crippen molar-refractivity contribution in [2.24, 2.45) is 11.8 Å². The Morgan fingerprint density at radius 2 is 2.00 bits per heavy atom.